The second kappa shape index (κ2) is 12.3. The van der Waals surface area contributed by atoms with Crippen LogP contribution >= 0.6 is 11.3 Å². The van der Waals surface area contributed by atoms with Gasteiger partial charge in [-0.2, -0.15) is 0 Å². The molecule has 3 nitrogen and oxygen atoms in total. The molecule has 0 amide bonds. The number of aliphatic imine (C=N–C) groups is 1. The predicted octanol–water partition coefficient (Wildman–Crippen LogP) is 14.2. The van der Waals surface area contributed by atoms with Crippen molar-refractivity contribution in [1.82, 2.24) is 4.57 Å². The first-order valence-corrected chi connectivity index (χ1v) is 20.0. The first kappa shape index (κ1) is 31.4. The lowest BCUT2D eigenvalue weighted by Crippen LogP contribution is -2.25. The maximum absolute atomic E-state index is 5.75. The number of fused-ring (bicyclic) bond motifs is 10. The summed E-state index contributed by atoms with van der Waals surface area (Å²) in [6.07, 6.45) is -0.403. The van der Waals surface area contributed by atoms with Crippen molar-refractivity contribution in [1.29, 1.82) is 0 Å². The summed E-state index contributed by atoms with van der Waals surface area (Å²) >= 11 is 1.87. The Balaban J connectivity index is 1.15. The summed E-state index contributed by atoms with van der Waals surface area (Å²) in [4.78, 5) is 5.75. The summed E-state index contributed by atoms with van der Waals surface area (Å²) in [5, 5.41) is 13.9. The van der Waals surface area contributed by atoms with Gasteiger partial charge < -0.3 is 9.88 Å². The molecule has 4 heteroatoms. The standard InChI is InChI=1S/C52H33N3S/c1-3-14-32(15-4-1)36-26-27-46-44(29-36)49-38-21-10-9-20-37(38)42(33-16-5-2-6-17-33)31-47(49)55(46)52-53-45-25-12-11-22-40(45)50(54-52)41-24-13-23-39-43-28-34-18-7-8-19-35(34)30-48(43)56-51(39)41/h1-31,52-53H. The lowest BCUT2D eigenvalue weighted by molar-refractivity contribution is 0.625. The van der Waals surface area contributed by atoms with Crippen LogP contribution in [0.1, 0.15) is 17.4 Å². The molecule has 0 bridgehead atoms. The second-order valence-corrected chi connectivity index (χ2v) is 15.8. The van der Waals surface area contributed by atoms with E-state index in [1.165, 1.54) is 74.7 Å². The van der Waals surface area contributed by atoms with Gasteiger partial charge in [0.15, 0.2) is 0 Å². The van der Waals surface area contributed by atoms with Gasteiger partial charge >= 0.3 is 0 Å². The van der Waals surface area contributed by atoms with Gasteiger partial charge in [0.05, 0.1) is 16.7 Å². The van der Waals surface area contributed by atoms with Crippen molar-refractivity contribution in [3.05, 3.63) is 199 Å². The van der Waals surface area contributed by atoms with Crippen LogP contribution in [0.5, 0.6) is 0 Å². The van der Waals surface area contributed by atoms with Gasteiger partial charge in [-0.3, -0.25) is 0 Å². The fourth-order valence-electron chi connectivity index (χ4n) is 9.03. The predicted molar refractivity (Wildman–Crippen MR) is 239 cm³/mol. The van der Waals surface area contributed by atoms with Crippen LogP contribution in [-0.2, 0) is 0 Å². The van der Waals surface area contributed by atoms with Gasteiger partial charge in [-0.15, -0.1) is 11.3 Å². The summed E-state index contributed by atoms with van der Waals surface area (Å²) in [7, 11) is 0. The molecule has 0 fully saturated rings. The molecule has 11 aromatic rings. The van der Waals surface area contributed by atoms with Crippen molar-refractivity contribution in [2.75, 3.05) is 5.32 Å². The van der Waals surface area contributed by atoms with Gasteiger partial charge in [0.1, 0.15) is 0 Å². The SMILES string of the molecule is c1ccc(-c2ccc3c(c2)c2c4ccccc4c(-c4ccccc4)cc2n3C2N=C(c3cccc4c3sc3cc5ccccc5cc34)c3ccccc3N2)cc1. The molecule has 0 aliphatic carbocycles. The summed E-state index contributed by atoms with van der Waals surface area (Å²) in [6, 6.07) is 68.4. The number of para-hydroxylation sites is 1. The highest BCUT2D eigenvalue weighted by Gasteiger charge is 2.28. The molecule has 3 heterocycles. The third-order valence-electron chi connectivity index (χ3n) is 11.6. The molecular weight excluding hydrogens is 699 g/mol. The molecule has 1 aliphatic rings. The average Bonchev–Trinajstić information content (AvgIpc) is 3.80. The van der Waals surface area contributed by atoms with Crippen LogP contribution in [-0.4, -0.2) is 10.3 Å². The Morgan fingerprint density at radius 1 is 0.446 bits per heavy atom. The van der Waals surface area contributed by atoms with Crippen LogP contribution in [0.3, 0.4) is 0 Å². The van der Waals surface area contributed by atoms with E-state index in [1.807, 2.05) is 11.3 Å². The van der Waals surface area contributed by atoms with Gasteiger partial charge in [0, 0.05) is 47.8 Å². The minimum atomic E-state index is -0.403. The smallest absolute Gasteiger partial charge is 0.201 e. The number of anilines is 1. The lowest BCUT2D eigenvalue weighted by atomic mass is 9.94. The van der Waals surface area contributed by atoms with Gasteiger partial charge in [0.2, 0.25) is 6.29 Å². The van der Waals surface area contributed by atoms with Crippen LogP contribution in [0.25, 0.3) is 85.8 Å². The highest BCUT2D eigenvalue weighted by Crippen LogP contribution is 2.45. The van der Waals surface area contributed by atoms with E-state index in [4.69, 9.17) is 4.99 Å². The van der Waals surface area contributed by atoms with Gasteiger partial charge in [-0.1, -0.05) is 152 Å². The number of benzene rings is 9. The number of thiophene rings is 1. The summed E-state index contributed by atoms with van der Waals surface area (Å²) in [6.45, 7) is 0. The summed E-state index contributed by atoms with van der Waals surface area (Å²) in [5.41, 5.74) is 11.5. The van der Waals surface area contributed by atoms with Crippen LogP contribution in [0.2, 0.25) is 0 Å². The Labute approximate surface area is 327 Å². The van der Waals surface area contributed by atoms with Crippen molar-refractivity contribution in [2.24, 2.45) is 4.99 Å². The number of nitrogens with zero attached hydrogens (tertiary/aromatic N) is 2. The Morgan fingerprint density at radius 2 is 1.12 bits per heavy atom. The molecule has 9 aromatic carbocycles. The molecule has 1 N–H and O–H groups in total. The van der Waals surface area contributed by atoms with E-state index in [-0.39, 0.29) is 0 Å². The van der Waals surface area contributed by atoms with Crippen LogP contribution in [0.4, 0.5) is 5.69 Å². The zero-order valence-electron chi connectivity index (χ0n) is 30.3. The van der Waals surface area contributed by atoms with Crippen LogP contribution in [0.15, 0.2) is 193 Å². The molecule has 0 saturated heterocycles. The molecule has 12 rings (SSSR count). The summed E-state index contributed by atoms with van der Waals surface area (Å²) in [5.74, 6) is 0. The van der Waals surface area contributed by atoms with E-state index in [1.54, 1.807) is 0 Å². The fraction of sp³-hybridized carbons (Fsp3) is 0.0192. The number of nitrogens with one attached hydrogen (secondary N) is 1. The van der Waals surface area contributed by atoms with Crippen molar-refractivity contribution >= 4 is 86.3 Å². The van der Waals surface area contributed by atoms with E-state index in [9.17, 15) is 0 Å². The minimum absolute atomic E-state index is 0.403. The van der Waals surface area contributed by atoms with Gasteiger partial charge in [-0.05, 0) is 80.2 Å². The lowest BCUT2D eigenvalue weighted by Gasteiger charge is -2.28. The maximum atomic E-state index is 5.75. The van der Waals surface area contributed by atoms with E-state index < -0.39 is 6.29 Å². The van der Waals surface area contributed by atoms with Crippen molar-refractivity contribution in [3.8, 4) is 22.3 Å². The van der Waals surface area contributed by atoms with Gasteiger partial charge in [0.25, 0.3) is 0 Å². The first-order valence-electron chi connectivity index (χ1n) is 19.2. The highest BCUT2D eigenvalue weighted by molar-refractivity contribution is 7.26. The van der Waals surface area contributed by atoms with E-state index in [0.717, 1.165) is 33.6 Å². The molecular formula is C52H33N3S. The zero-order chi connectivity index (χ0) is 36.7. The number of aromatic nitrogens is 1. The first-order chi connectivity index (χ1) is 27.8. The average molecular weight is 732 g/mol. The van der Waals surface area contributed by atoms with Gasteiger partial charge in [-0.25, -0.2) is 4.99 Å². The quantitative estimate of drug-likeness (QED) is 0.192. The molecule has 0 saturated carbocycles. The summed E-state index contributed by atoms with van der Waals surface area (Å²) < 4.78 is 4.99. The van der Waals surface area contributed by atoms with E-state index in [2.05, 4.69) is 198 Å². The minimum Gasteiger partial charge on any atom is -0.346 e. The van der Waals surface area contributed by atoms with Crippen molar-refractivity contribution in [3.63, 3.8) is 0 Å². The molecule has 0 radical (unpaired) electrons. The largest absolute Gasteiger partial charge is 0.346 e. The molecule has 262 valence electrons. The van der Waals surface area contributed by atoms with Crippen molar-refractivity contribution < 1.29 is 0 Å². The fourth-order valence-corrected chi connectivity index (χ4v) is 10.3. The molecule has 1 atom stereocenters. The second-order valence-electron chi connectivity index (χ2n) is 14.7. The molecule has 1 aliphatic heterocycles. The normalized spacial score (nSPS) is 14.1. The number of hydrogen-bond acceptors (Lipinski definition) is 3. The van der Waals surface area contributed by atoms with Crippen LogP contribution < -0.4 is 5.32 Å². The molecule has 2 aromatic heterocycles. The number of rotatable bonds is 4. The number of hydrogen-bond donors (Lipinski definition) is 1. The van der Waals surface area contributed by atoms with E-state index in [0.29, 0.717) is 0 Å². The monoisotopic (exact) mass is 731 g/mol. The highest BCUT2D eigenvalue weighted by atomic mass is 32.1. The van der Waals surface area contributed by atoms with Crippen molar-refractivity contribution in [2.45, 2.75) is 6.29 Å². The molecule has 56 heavy (non-hydrogen) atoms. The Morgan fingerprint density at radius 3 is 1.96 bits per heavy atom. The van der Waals surface area contributed by atoms with Crippen LogP contribution in [0, 0.1) is 0 Å². The molecule has 0 spiro atoms. The topological polar surface area (TPSA) is 29.3 Å². The third kappa shape index (κ3) is 4.73. The van der Waals surface area contributed by atoms with E-state index >= 15 is 0 Å². The Kier molecular flexibility index (Phi) is 6.86. The Hall–Kier alpha value is -7.01. The molecule has 1 unspecified atom stereocenters. The zero-order valence-corrected chi connectivity index (χ0v) is 31.1. The Bertz CT molecular complexity index is 3390. The maximum Gasteiger partial charge on any atom is 0.201 e. The third-order valence-corrected chi connectivity index (χ3v) is 12.8.